The van der Waals surface area contributed by atoms with Gasteiger partial charge < -0.3 is 19.3 Å². The number of benzene rings is 1. The number of esters is 2. The summed E-state index contributed by atoms with van der Waals surface area (Å²) in [6.07, 6.45) is 0.732. The molecule has 0 aliphatic rings. The molecule has 0 bridgehead atoms. The van der Waals surface area contributed by atoms with Gasteiger partial charge in [-0.15, -0.1) is 0 Å². The third-order valence-corrected chi connectivity index (χ3v) is 3.03. The number of ether oxygens (including phenoxy) is 3. The van der Waals surface area contributed by atoms with Gasteiger partial charge >= 0.3 is 11.9 Å². The van der Waals surface area contributed by atoms with E-state index in [4.69, 9.17) is 4.74 Å². The SMILES string of the molecule is C=COC(CO)c1cc(CC(=O)OC)cc(CC(=O)OC)c1. The summed E-state index contributed by atoms with van der Waals surface area (Å²) >= 11 is 0. The standard InChI is InChI=1S/C16H20O6/c1-4-22-14(10-17)13-6-11(8-15(18)20-2)5-12(7-13)9-16(19)21-3/h4-7,14,17H,1,8-10H2,2-3H3. The maximum Gasteiger partial charge on any atom is 0.309 e. The maximum atomic E-state index is 11.4. The molecular weight excluding hydrogens is 288 g/mol. The fourth-order valence-electron chi connectivity index (χ4n) is 2.00. The summed E-state index contributed by atoms with van der Waals surface area (Å²) < 4.78 is 14.5. The second kappa shape index (κ2) is 8.84. The van der Waals surface area contributed by atoms with E-state index >= 15 is 0 Å². The summed E-state index contributed by atoms with van der Waals surface area (Å²) in [5.41, 5.74) is 1.96. The Balaban J connectivity index is 3.15. The number of carbonyl (C=O) groups is 2. The Labute approximate surface area is 129 Å². The van der Waals surface area contributed by atoms with Crippen LogP contribution in [0.4, 0.5) is 0 Å². The lowest BCUT2D eigenvalue weighted by atomic mass is 9.98. The van der Waals surface area contributed by atoms with Crippen molar-refractivity contribution in [2.45, 2.75) is 18.9 Å². The van der Waals surface area contributed by atoms with Crippen LogP contribution in [0.2, 0.25) is 0 Å². The molecule has 0 radical (unpaired) electrons. The molecule has 1 aromatic carbocycles. The molecule has 6 nitrogen and oxygen atoms in total. The fourth-order valence-corrected chi connectivity index (χ4v) is 2.00. The maximum absolute atomic E-state index is 11.4. The molecule has 0 aliphatic heterocycles. The zero-order chi connectivity index (χ0) is 16.5. The van der Waals surface area contributed by atoms with Gasteiger partial charge in [0.25, 0.3) is 0 Å². The molecule has 0 amide bonds. The Hall–Kier alpha value is -2.34. The summed E-state index contributed by atoms with van der Waals surface area (Å²) in [5.74, 6) is -0.794. The third-order valence-electron chi connectivity index (χ3n) is 3.03. The average Bonchev–Trinajstić information content (AvgIpc) is 2.51. The van der Waals surface area contributed by atoms with Crippen LogP contribution in [0.1, 0.15) is 22.8 Å². The Morgan fingerprint density at radius 1 is 1.14 bits per heavy atom. The Bertz CT molecular complexity index is 501. The first-order valence-electron chi connectivity index (χ1n) is 6.67. The number of aliphatic hydroxyl groups excluding tert-OH is 1. The van der Waals surface area contributed by atoms with Crippen LogP contribution in [0.5, 0.6) is 0 Å². The highest BCUT2D eigenvalue weighted by Gasteiger charge is 2.15. The minimum absolute atomic E-state index is 0.0603. The van der Waals surface area contributed by atoms with Crippen molar-refractivity contribution in [2.75, 3.05) is 20.8 Å². The predicted molar refractivity (Wildman–Crippen MR) is 79.0 cm³/mol. The van der Waals surface area contributed by atoms with Crippen molar-refractivity contribution in [3.05, 3.63) is 47.7 Å². The van der Waals surface area contributed by atoms with E-state index in [0.717, 1.165) is 0 Å². The van der Waals surface area contributed by atoms with Gasteiger partial charge in [0.05, 0.1) is 39.9 Å². The molecule has 6 heteroatoms. The molecule has 1 rings (SSSR count). The second-order valence-corrected chi connectivity index (χ2v) is 4.56. The zero-order valence-electron chi connectivity index (χ0n) is 12.7. The molecule has 0 fully saturated rings. The predicted octanol–water partition coefficient (Wildman–Crippen LogP) is 1.31. The van der Waals surface area contributed by atoms with Crippen LogP contribution in [0.15, 0.2) is 31.0 Å². The van der Waals surface area contributed by atoms with Crippen LogP contribution in [-0.4, -0.2) is 37.9 Å². The molecule has 0 saturated carbocycles. The van der Waals surface area contributed by atoms with Crippen molar-refractivity contribution in [1.82, 2.24) is 0 Å². The van der Waals surface area contributed by atoms with Crippen LogP contribution in [0, 0.1) is 0 Å². The Morgan fingerprint density at radius 2 is 1.64 bits per heavy atom. The zero-order valence-corrected chi connectivity index (χ0v) is 12.7. The molecule has 22 heavy (non-hydrogen) atoms. The summed E-state index contributed by atoms with van der Waals surface area (Å²) in [5, 5.41) is 9.39. The molecule has 120 valence electrons. The first-order chi connectivity index (χ1) is 10.5. The van der Waals surface area contributed by atoms with Crippen molar-refractivity contribution in [3.8, 4) is 0 Å². The van der Waals surface area contributed by atoms with E-state index in [1.54, 1.807) is 18.2 Å². The van der Waals surface area contributed by atoms with Crippen LogP contribution in [0.3, 0.4) is 0 Å². The monoisotopic (exact) mass is 308 g/mol. The highest BCUT2D eigenvalue weighted by atomic mass is 16.5. The molecule has 0 aromatic heterocycles. The average molecular weight is 308 g/mol. The van der Waals surface area contributed by atoms with Gasteiger partial charge in [-0.3, -0.25) is 9.59 Å². The third kappa shape index (κ3) is 5.21. The van der Waals surface area contributed by atoms with Crippen molar-refractivity contribution >= 4 is 11.9 Å². The van der Waals surface area contributed by atoms with E-state index in [0.29, 0.717) is 16.7 Å². The molecule has 1 unspecified atom stereocenters. The van der Waals surface area contributed by atoms with Crippen molar-refractivity contribution < 1.29 is 28.9 Å². The highest BCUT2D eigenvalue weighted by molar-refractivity contribution is 5.74. The fraction of sp³-hybridized carbons (Fsp3) is 0.375. The number of hydrogen-bond acceptors (Lipinski definition) is 6. The first kappa shape index (κ1) is 17.7. The van der Waals surface area contributed by atoms with Gasteiger partial charge in [-0.1, -0.05) is 24.8 Å². The number of rotatable bonds is 8. The quantitative estimate of drug-likeness (QED) is 0.576. The number of aliphatic hydroxyl groups is 1. The molecule has 1 aromatic rings. The summed E-state index contributed by atoms with van der Waals surface area (Å²) in [6.45, 7) is 3.20. The van der Waals surface area contributed by atoms with Gasteiger partial charge in [0.1, 0.15) is 6.10 Å². The van der Waals surface area contributed by atoms with E-state index < -0.39 is 18.0 Å². The topological polar surface area (TPSA) is 82.1 Å². The Kier molecular flexibility index (Phi) is 7.12. The van der Waals surface area contributed by atoms with E-state index in [1.807, 2.05) is 0 Å². The van der Waals surface area contributed by atoms with Crippen molar-refractivity contribution in [2.24, 2.45) is 0 Å². The minimum Gasteiger partial charge on any atom is -0.492 e. The Morgan fingerprint density at radius 3 is 2.00 bits per heavy atom. The summed E-state index contributed by atoms with van der Waals surface area (Å²) in [4.78, 5) is 22.9. The van der Waals surface area contributed by atoms with Gasteiger partial charge in [-0.25, -0.2) is 0 Å². The molecule has 0 spiro atoms. The van der Waals surface area contributed by atoms with Gasteiger partial charge in [0, 0.05) is 0 Å². The van der Waals surface area contributed by atoms with Crippen molar-refractivity contribution in [1.29, 1.82) is 0 Å². The number of methoxy groups -OCH3 is 2. The van der Waals surface area contributed by atoms with Crippen molar-refractivity contribution in [3.63, 3.8) is 0 Å². The van der Waals surface area contributed by atoms with E-state index in [2.05, 4.69) is 16.1 Å². The summed E-state index contributed by atoms with van der Waals surface area (Å²) in [7, 11) is 2.61. The second-order valence-electron chi connectivity index (χ2n) is 4.56. The number of hydrogen-bond donors (Lipinski definition) is 1. The van der Waals surface area contributed by atoms with Crippen LogP contribution in [0.25, 0.3) is 0 Å². The highest BCUT2D eigenvalue weighted by Crippen LogP contribution is 2.22. The smallest absolute Gasteiger partial charge is 0.309 e. The molecule has 1 atom stereocenters. The largest absolute Gasteiger partial charge is 0.492 e. The van der Waals surface area contributed by atoms with Gasteiger partial charge in [-0.2, -0.15) is 0 Å². The minimum atomic E-state index is -0.619. The van der Waals surface area contributed by atoms with Crippen LogP contribution < -0.4 is 0 Å². The molecule has 1 N–H and O–H groups in total. The summed E-state index contributed by atoms with van der Waals surface area (Å²) in [6, 6.07) is 5.17. The van der Waals surface area contributed by atoms with Gasteiger partial charge in [-0.05, 0) is 16.7 Å². The number of carbonyl (C=O) groups excluding carboxylic acids is 2. The van der Waals surface area contributed by atoms with Crippen LogP contribution in [-0.2, 0) is 36.6 Å². The lowest BCUT2D eigenvalue weighted by Crippen LogP contribution is -2.11. The lowest BCUT2D eigenvalue weighted by Gasteiger charge is -2.16. The molecule has 0 saturated heterocycles. The van der Waals surface area contributed by atoms with E-state index in [9.17, 15) is 14.7 Å². The lowest BCUT2D eigenvalue weighted by molar-refractivity contribution is -0.140. The first-order valence-corrected chi connectivity index (χ1v) is 6.67. The van der Waals surface area contributed by atoms with Gasteiger partial charge in [0.15, 0.2) is 0 Å². The van der Waals surface area contributed by atoms with E-state index in [1.165, 1.54) is 20.5 Å². The van der Waals surface area contributed by atoms with Crippen LogP contribution >= 0.6 is 0 Å². The van der Waals surface area contributed by atoms with E-state index in [-0.39, 0.29) is 19.4 Å². The molecule has 0 aliphatic carbocycles. The van der Waals surface area contributed by atoms with Gasteiger partial charge in [0.2, 0.25) is 0 Å². The molecule has 0 heterocycles. The molecular formula is C16H20O6. The normalized spacial score (nSPS) is 11.4.